The third-order valence-corrected chi connectivity index (χ3v) is 2.90. The van der Waals surface area contributed by atoms with Crippen LogP contribution in [0.15, 0.2) is 52.1 Å². The Morgan fingerprint density at radius 1 is 1.37 bits per heavy atom. The third kappa shape index (κ3) is 2.04. The topological polar surface area (TPSA) is 78.1 Å². The molecule has 5 nitrogen and oxygen atoms in total. The molecule has 2 heterocycles. The Morgan fingerprint density at radius 3 is 3.05 bits per heavy atom. The van der Waals surface area contributed by atoms with Gasteiger partial charge in [0.05, 0.1) is 11.6 Å². The van der Waals surface area contributed by atoms with Crippen molar-refractivity contribution in [1.29, 1.82) is 0 Å². The highest BCUT2D eigenvalue weighted by atomic mass is 16.5. The highest BCUT2D eigenvalue weighted by Crippen LogP contribution is 2.29. The Bertz CT molecular complexity index is 714. The molecule has 2 N–H and O–H groups in total. The van der Waals surface area contributed by atoms with E-state index < -0.39 is 0 Å². The van der Waals surface area contributed by atoms with Gasteiger partial charge in [-0.2, -0.15) is 4.98 Å². The van der Waals surface area contributed by atoms with Gasteiger partial charge in [0.1, 0.15) is 11.8 Å². The second-order valence-corrected chi connectivity index (χ2v) is 4.23. The quantitative estimate of drug-likeness (QED) is 0.725. The monoisotopic (exact) mass is 255 g/mol. The van der Waals surface area contributed by atoms with Crippen molar-refractivity contribution in [2.24, 2.45) is 5.73 Å². The Labute approximate surface area is 109 Å². The number of furan rings is 1. The van der Waals surface area contributed by atoms with Crippen molar-refractivity contribution in [2.75, 3.05) is 0 Å². The molecule has 0 amide bonds. The minimum atomic E-state index is -0.322. The molecule has 3 rings (SSSR count). The number of nitrogens with two attached hydrogens (primary N) is 1. The van der Waals surface area contributed by atoms with Crippen molar-refractivity contribution in [3.8, 4) is 11.4 Å². The summed E-state index contributed by atoms with van der Waals surface area (Å²) in [5.74, 6) is 0.889. The first-order valence-corrected chi connectivity index (χ1v) is 5.96. The van der Waals surface area contributed by atoms with Crippen LogP contribution in [-0.4, -0.2) is 10.1 Å². The number of rotatable bonds is 4. The number of hydrogen-bond donors (Lipinski definition) is 1. The van der Waals surface area contributed by atoms with Gasteiger partial charge in [-0.3, -0.25) is 0 Å². The Morgan fingerprint density at radius 2 is 2.21 bits per heavy atom. The molecule has 0 saturated carbocycles. The second-order valence-electron chi connectivity index (χ2n) is 4.23. The molecular weight excluding hydrogens is 242 g/mol. The van der Waals surface area contributed by atoms with Crippen LogP contribution in [0, 0.1) is 0 Å². The van der Waals surface area contributed by atoms with Gasteiger partial charge in [0.2, 0.25) is 11.7 Å². The lowest BCUT2D eigenvalue weighted by Gasteiger charge is -1.99. The highest BCUT2D eigenvalue weighted by molar-refractivity contribution is 5.91. The number of nitrogens with zero attached hydrogens (tertiary/aromatic N) is 2. The number of benzene rings is 1. The summed E-state index contributed by atoms with van der Waals surface area (Å²) in [4.78, 5) is 4.31. The molecule has 2 aromatic heterocycles. The molecule has 3 aromatic rings. The fourth-order valence-electron chi connectivity index (χ4n) is 1.93. The predicted octanol–water partition coefficient (Wildman–Crippen LogP) is 3.06. The van der Waals surface area contributed by atoms with E-state index in [2.05, 4.69) is 16.7 Å². The van der Waals surface area contributed by atoms with Gasteiger partial charge in [-0.25, -0.2) is 0 Å². The lowest BCUT2D eigenvalue weighted by Crippen LogP contribution is -2.09. The lowest BCUT2D eigenvalue weighted by molar-refractivity contribution is 0.356. The van der Waals surface area contributed by atoms with E-state index in [4.69, 9.17) is 14.7 Å². The molecule has 0 aliphatic heterocycles. The molecule has 0 radical (unpaired) electrons. The molecule has 1 atom stereocenters. The van der Waals surface area contributed by atoms with Crippen LogP contribution >= 0.6 is 0 Å². The van der Waals surface area contributed by atoms with E-state index in [0.29, 0.717) is 18.1 Å². The molecule has 1 unspecified atom stereocenters. The van der Waals surface area contributed by atoms with Crippen molar-refractivity contribution in [3.05, 3.63) is 49.1 Å². The van der Waals surface area contributed by atoms with E-state index in [-0.39, 0.29) is 6.04 Å². The van der Waals surface area contributed by atoms with E-state index in [9.17, 15) is 0 Å². The van der Waals surface area contributed by atoms with Gasteiger partial charge in [-0.1, -0.05) is 29.4 Å². The summed E-state index contributed by atoms with van der Waals surface area (Å²) < 4.78 is 10.6. The van der Waals surface area contributed by atoms with Gasteiger partial charge < -0.3 is 14.7 Å². The zero-order valence-electron chi connectivity index (χ0n) is 10.2. The molecule has 0 aliphatic rings. The SMILES string of the molecule is C=CCC(N)c1nc(-c2coc3ccccc23)no1. The highest BCUT2D eigenvalue weighted by Gasteiger charge is 2.17. The van der Waals surface area contributed by atoms with E-state index in [0.717, 1.165) is 16.5 Å². The summed E-state index contributed by atoms with van der Waals surface area (Å²) in [6.07, 6.45) is 3.94. The van der Waals surface area contributed by atoms with Gasteiger partial charge in [0.25, 0.3) is 0 Å². The van der Waals surface area contributed by atoms with E-state index >= 15 is 0 Å². The minimum absolute atomic E-state index is 0.322. The molecule has 0 spiro atoms. The van der Waals surface area contributed by atoms with Crippen molar-refractivity contribution < 1.29 is 8.94 Å². The van der Waals surface area contributed by atoms with Gasteiger partial charge in [-0.05, 0) is 12.5 Å². The van der Waals surface area contributed by atoms with Crippen LogP contribution in [-0.2, 0) is 0 Å². The summed E-state index contributed by atoms with van der Waals surface area (Å²) in [5.41, 5.74) is 7.49. The molecule has 0 fully saturated rings. The maximum atomic E-state index is 5.89. The largest absolute Gasteiger partial charge is 0.464 e. The van der Waals surface area contributed by atoms with Crippen molar-refractivity contribution in [3.63, 3.8) is 0 Å². The van der Waals surface area contributed by atoms with Crippen LogP contribution in [0.2, 0.25) is 0 Å². The molecule has 0 aliphatic carbocycles. The predicted molar refractivity (Wildman–Crippen MR) is 71.2 cm³/mol. The first-order valence-electron chi connectivity index (χ1n) is 5.96. The number of para-hydroxylation sites is 1. The van der Waals surface area contributed by atoms with E-state index in [1.165, 1.54) is 0 Å². The summed E-state index contributed by atoms with van der Waals surface area (Å²) in [5, 5.41) is 4.90. The zero-order chi connectivity index (χ0) is 13.2. The average molecular weight is 255 g/mol. The molecule has 19 heavy (non-hydrogen) atoms. The molecule has 96 valence electrons. The van der Waals surface area contributed by atoms with Crippen LogP contribution in [0.1, 0.15) is 18.4 Å². The van der Waals surface area contributed by atoms with Gasteiger partial charge in [-0.15, -0.1) is 6.58 Å². The van der Waals surface area contributed by atoms with Gasteiger partial charge in [0.15, 0.2) is 0 Å². The number of aromatic nitrogens is 2. The summed E-state index contributed by atoms with van der Waals surface area (Å²) in [6, 6.07) is 7.37. The van der Waals surface area contributed by atoms with Crippen molar-refractivity contribution in [2.45, 2.75) is 12.5 Å². The lowest BCUT2D eigenvalue weighted by atomic mass is 10.1. The molecule has 5 heteroatoms. The molecule has 0 bridgehead atoms. The fraction of sp³-hybridized carbons (Fsp3) is 0.143. The second kappa shape index (κ2) is 4.70. The van der Waals surface area contributed by atoms with Crippen molar-refractivity contribution >= 4 is 11.0 Å². The van der Waals surface area contributed by atoms with Gasteiger partial charge >= 0.3 is 0 Å². The maximum absolute atomic E-state index is 5.89. The normalized spacial score (nSPS) is 12.7. The van der Waals surface area contributed by atoms with Gasteiger partial charge in [0, 0.05) is 5.39 Å². The first-order chi connectivity index (χ1) is 9.29. The van der Waals surface area contributed by atoms with Crippen molar-refractivity contribution in [1.82, 2.24) is 10.1 Å². The smallest absolute Gasteiger partial charge is 0.244 e. The van der Waals surface area contributed by atoms with Crippen LogP contribution in [0.3, 0.4) is 0 Å². The number of hydrogen-bond acceptors (Lipinski definition) is 5. The maximum Gasteiger partial charge on any atom is 0.244 e. The summed E-state index contributed by atoms with van der Waals surface area (Å²) >= 11 is 0. The van der Waals surface area contributed by atoms with E-state index in [1.807, 2.05) is 24.3 Å². The van der Waals surface area contributed by atoms with Crippen LogP contribution < -0.4 is 5.73 Å². The molecule has 1 aromatic carbocycles. The number of fused-ring (bicyclic) bond motifs is 1. The Kier molecular flexibility index (Phi) is 2.89. The third-order valence-electron chi connectivity index (χ3n) is 2.90. The average Bonchev–Trinajstić information content (AvgIpc) is 3.05. The van der Waals surface area contributed by atoms with Crippen LogP contribution in [0.4, 0.5) is 0 Å². The standard InChI is InChI=1S/C14H13N3O2/c1-2-5-11(15)14-16-13(17-19-14)10-8-18-12-7-4-3-6-9(10)12/h2-4,6-8,11H,1,5,15H2. The Balaban J connectivity index is 2.00. The van der Waals surface area contributed by atoms with Crippen LogP contribution in [0.5, 0.6) is 0 Å². The fourth-order valence-corrected chi connectivity index (χ4v) is 1.93. The van der Waals surface area contributed by atoms with Crippen LogP contribution in [0.25, 0.3) is 22.4 Å². The summed E-state index contributed by atoms with van der Waals surface area (Å²) in [7, 11) is 0. The molecule has 0 saturated heterocycles. The zero-order valence-corrected chi connectivity index (χ0v) is 10.2. The molecular formula is C14H13N3O2. The minimum Gasteiger partial charge on any atom is -0.464 e. The first kappa shape index (κ1) is 11.7. The van der Waals surface area contributed by atoms with E-state index in [1.54, 1.807) is 12.3 Å². The Hall–Kier alpha value is -2.40. The summed E-state index contributed by atoms with van der Waals surface area (Å²) in [6.45, 7) is 3.64.